The molecule has 6 nitrogen and oxygen atoms in total. The monoisotopic (exact) mass is 348 g/mol. The molecule has 0 saturated heterocycles. The van der Waals surface area contributed by atoms with Crippen molar-refractivity contribution in [3.63, 3.8) is 0 Å². The highest BCUT2D eigenvalue weighted by atomic mass is 32.1. The molecule has 0 aliphatic carbocycles. The predicted octanol–water partition coefficient (Wildman–Crippen LogP) is 3.44. The largest absolute Gasteiger partial charge is 0.493 e. The Hall–Kier alpha value is -2.28. The number of ether oxygens (including phenoxy) is 2. The van der Waals surface area contributed by atoms with Crippen molar-refractivity contribution in [2.45, 2.75) is 27.3 Å². The minimum atomic E-state index is 0.582. The van der Waals surface area contributed by atoms with Gasteiger partial charge in [-0.2, -0.15) is 0 Å². The highest BCUT2D eigenvalue weighted by Gasteiger charge is 2.07. The number of nitrogens with one attached hydrogen (secondary N) is 2. The summed E-state index contributed by atoms with van der Waals surface area (Å²) >= 11 is 1.66. The maximum absolute atomic E-state index is 5.61. The van der Waals surface area contributed by atoms with Gasteiger partial charge < -0.3 is 20.1 Å². The minimum Gasteiger partial charge on any atom is -0.493 e. The molecule has 130 valence electrons. The zero-order valence-corrected chi connectivity index (χ0v) is 15.4. The van der Waals surface area contributed by atoms with Crippen LogP contribution >= 0.6 is 11.3 Å². The first kappa shape index (κ1) is 18.1. The Morgan fingerprint density at radius 2 is 2.12 bits per heavy atom. The molecule has 2 rings (SSSR count). The van der Waals surface area contributed by atoms with E-state index in [2.05, 4.69) is 20.6 Å². The van der Waals surface area contributed by atoms with E-state index in [1.165, 1.54) is 0 Å². The number of guanidine groups is 1. The zero-order chi connectivity index (χ0) is 17.4. The summed E-state index contributed by atoms with van der Waals surface area (Å²) in [5.74, 6) is 2.14. The molecule has 0 bridgehead atoms. The summed E-state index contributed by atoms with van der Waals surface area (Å²) in [6.07, 6.45) is 1.87. The van der Waals surface area contributed by atoms with Crippen LogP contribution in [0.5, 0.6) is 11.5 Å². The van der Waals surface area contributed by atoms with Crippen molar-refractivity contribution in [3.8, 4) is 11.5 Å². The maximum Gasteiger partial charge on any atom is 0.196 e. The lowest BCUT2D eigenvalue weighted by Crippen LogP contribution is -2.30. The number of benzene rings is 1. The number of methoxy groups -OCH3 is 1. The van der Waals surface area contributed by atoms with E-state index in [4.69, 9.17) is 9.47 Å². The van der Waals surface area contributed by atoms with Crippen molar-refractivity contribution in [1.82, 2.24) is 10.3 Å². The molecule has 1 heterocycles. The van der Waals surface area contributed by atoms with E-state index in [0.29, 0.717) is 24.7 Å². The number of aromatic nitrogens is 1. The first-order valence-electron chi connectivity index (χ1n) is 7.93. The van der Waals surface area contributed by atoms with Gasteiger partial charge in [0.2, 0.25) is 0 Å². The van der Waals surface area contributed by atoms with Gasteiger partial charge in [0.1, 0.15) is 0 Å². The molecule has 0 atom stereocenters. The van der Waals surface area contributed by atoms with Crippen LogP contribution in [0.1, 0.15) is 23.7 Å². The van der Waals surface area contributed by atoms with E-state index < -0.39 is 0 Å². The third-order valence-electron chi connectivity index (χ3n) is 3.13. The smallest absolute Gasteiger partial charge is 0.196 e. The number of anilines is 1. The second-order valence-corrected chi connectivity index (χ2v) is 6.28. The number of thiazole rings is 1. The first-order chi connectivity index (χ1) is 11.7. The van der Waals surface area contributed by atoms with E-state index in [-0.39, 0.29) is 0 Å². The van der Waals surface area contributed by atoms with Crippen LogP contribution in [0.2, 0.25) is 0 Å². The average molecular weight is 348 g/mol. The first-order valence-corrected chi connectivity index (χ1v) is 8.75. The Bertz CT molecular complexity index is 685. The molecule has 0 spiro atoms. The third kappa shape index (κ3) is 5.13. The summed E-state index contributed by atoms with van der Waals surface area (Å²) < 4.78 is 10.9. The highest BCUT2D eigenvalue weighted by Crippen LogP contribution is 2.30. The molecule has 7 heteroatoms. The molecule has 0 radical (unpaired) electrons. The number of aliphatic imine (C=N–C) groups is 1. The van der Waals surface area contributed by atoms with Crippen molar-refractivity contribution in [2.24, 2.45) is 4.99 Å². The number of aryl methyl sites for hydroxylation is 1. The van der Waals surface area contributed by atoms with Crippen LogP contribution in [-0.4, -0.2) is 31.2 Å². The summed E-state index contributed by atoms with van der Waals surface area (Å²) in [6.45, 7) is 7.93. The fourth-order valence-electron chi connectivity index (χ4n) is 2.10. The Balaban J connectivity index is 2.12. The lowest BCUT2D eigenvalue weighted by molar-refractivity contribution is 0.311. The highest BCUT2D eigenvalue weighted by molar-refractivity contribution is 7.11. The topological polar surface area (TPSA) is 67.8 Å². The number of hydrogen-bond donors (Lipinski definition) is 2. The Morgan fingerprint density at radius 3 is 2.75 bits per heavy atom. The fourth-order valence-corrected chi connectivity index (χ4v) is 2.82. The molecule has 0 aliphatic rings. The molecule has 0 fully saturated rings. The second kappa shape index (κ2) is 9.12. The van der Waals surface area contributed by atoms with Crippen LogP contribution in [0, 0.1) is 6.92 Å². The summed E-state index contributed by atoms with van der Waals surface area (Å²) in [6, 6.07) is 5.72. The molecule has 0 saturated carbocycles. The number of rotatable bonds is 7. The predicted molar refractivity (Wildman–Crippen MR) is 99.5 cm³/mol. The van der Waals surface area contributed by atoms with E-state index >= 15 is 0 Å². The fraction of sp³-hybridized carbons (Fsp3) is 0.412. The zero-order valence-electron chi connectivity index (χ0n) is 14.5. The van der Waals surface area contributed by atoms with Crippen molar-refractivity contribution >= 4 is 23.0 Å². The molecule has 2 aromatic rings. The van der Waals surface area contributed by atoms with E-state index in [0.717, 1.165) is 28.1 Å². The molecule has 1 aromatic carbocycles. The molecule has 0 amide bonds. The van der Waals surface area contributed by atoms with Gasteiger partial charge in [-0.25, -0.2) is 9.98 Å². The van der Waals surface area contributed by atoms with Gasteiger partial charge in [0, 0.05) is 29.4 Å². The average Bonchev–Trinajstić information content (AvgIpc) is 2.99. The SMILES string of the molecule is CCNC(=NCc1cnc(C)s1)Nc1ccc(OC)c(OCC)c1. The van der Waals surface area contributed by atoms with E-state index in [9.17, 15) is 0 Å². The van der Waals surface area contributed by atoms with Crippen LogP contribution in [-0.2, 0) is 6.54 Å². The van der Waals surface area contributed by atoms with Crippen molar-refractivity contribution < 1.29 is 9.47 Å². The summed E-state index contributed by atoms with van der Waals surface area (Å²) in [4.78, 5) is 9.99. The van der Waals surface area contributed by atoms with E-state index in [1.807, 2.05) is 45.2 Å². The molecule has 24 heavy (non-hydrogen) atoms. The summed E-state index contributed by atoms with van der Waals surface area (Å²) in [5.41, 5.74) is 0.888. The Labute approximate surface area is 146 Å². The van der Waals surface area contributed by atoms with Gasteiger partial charge in [-0.1, -0.05) is 0 Å². The second-order valence-electron chi connectivity index (χ2n) is 4.96. The van der Waals surface area contributed by atoms with Crippen LogP contribution in [0.3, 0.4) is 0 Å². The van der Waals surface area contributed by atoms with Crippen molar-refractivity contribution in [1.29, 1.82) is 0 Å². The normalized spacial score (nSPS) is 11.2. The molecular weight excluding hydrogens is 324 g/mol. The van der Waals surface area contributed by atoms with Crippen LogP contribution < -0.4 is 20.1 Å². The molecule has 0 unspecified atom stereocenters. The lowest BCUT2D eigenvalue weighted by atomic mass is 10.2. The van der Waals surface area contributed by atoms with Gasteiger partial charge in [-0.15, -0.1) is 11.3 Å². The molecule has 1 aromatic heterocycles. The summed E-state index contributed by atoms with van der Waals surface area (Å²) in [7, 11) is 1.63. The summed E-state index contributed by atoms with van der Waals surface area (Å²) in [5, 5.41) is 7.58. The quantitative estimate of drug-likeness (QED) is 0.593. The van der Waals surface area contributed by atoms with E-state index in [1.54, 1.807) is 18.4 Å². The lowest BCUT2D eigenvalue weighted by Gasteiger charge is -2.14. The molecular formula is C17H24N4O2S. The maximum atomic E-state index is 5.61. The van der Waals surface area contributed by atoms with Gasteiger partial charge in [0.25, 0.3) is 0 Å². The number of hydrogen-bond acceptors (Lipinski definition) is 5. The van der Waals surface area contributed by atoms with Gasteiger partial charge in [-0.3, -0.25) is 0 Å². The van der Waals surface area contributed by atoms with Gasteiger partial charge in [-0.05, 0) is 32.9 Å². The van der Waals surface area contributed by atoms with Crippen LogP contribution in [0.4, 0.5) is 5.69 Å². The Morgan fingerprint density at radius 1 is 1.29 bits per heavy atom. The number of nitrogens with zero attached hydrogens (tertiary/aromatic N) is 2. The van der Waals surface area contributed by atoms with Crippen molar-refractivity contribution in [3.05, 3.63) is 34.3 Å². The third-order valence-corrected chi connectivity index (χ3v) is 4.03. The van der Waals surface area contributed by atoms with Gasteiger partial charge >= 0.3 is 0 Å². The standard InChI is InChI=1S/C17H24N4O2S/c1-5-18-17(20-11-14-10-19-12(3)24-14)21-13-7-8-15(22-4)16(9-13)23-6-2/h7-10H,5-6,11H2,1-4H3,(H2,18,20,21). The molecule has 2 N–H and O–H groups in total. The van der Waals surface area contributed by atoms with Gasteiger partial charge in [0.15, 0.2) is 17.5 Å². The van der Waals surface area contributed by atoms with Crippen LogP contribution in [0.25, 0.3) is 0 Å². The minimum absolute atomic E-state index is 0.582. The van der Waals surface area contributed by atoms with Crippen molar-refractivity contribution in [2.75, 3.05) is 25.6 Å². The van der Waals surface area contributed by atoms with Gasteiger partial charge in [0.05, 0.1) is 25.3 Å². The van der Waals surface area contributed by atoms with Crippen LogP contribution in [0.15, 0.2) is 29.4 Å². The molecule has 0 aliphatic heterocycles. The Kier molecular flexibility index (Phi) is 6.87.